The second-order valence-electron chi connectivity index (χ2n) is 4.92. The number of esters is 1. The molecule has 2 atom stereocenters. The van der Waals surface area contributed by atoms with E-state index in [1.807, 2.05) is 0 Å². The normalized spacial score (nSPS) is 13.0. The number of amides is 1. The maximum absolute atomic E-state index is 12.0. The molecule has 1 amide bonds. The summed E-state index contributed by atoms with van der Waals surface area (Å²) in [5.74, 6) is -0.915. The molecule has 0 bridgehead atoms. The Hall–Kier alpha value is -1.87. The summed E-state index contributed by atoms with van der Waals surface area (Å²) in [4.78, 5) is 27.5. The first-order chi connectivity index (χ1) is 10.4. The summed E-state index contributed by atoms with van der Waals surface area (Å²) in [5.41, 5.74) is 21.6. The molecule has 0 aliphatic carbocycles. The lowest BCUT2D eigenvalue weighted by atomic mass is 10.1. The van der Waals surface area contributed by atoms with E-state index in [1.54, 1.807) is 0 Å². The first-order valence-electron chi connectivity index (χ1n) is 7.31. The van der Waals surface area contributed by atoms with Crippen molar-refractivity contribution in [2.45, 2.75) is 44.2 Å². The standard InChI is InChI=1S/C13H28N6O3/c1-22-12(21)10(6-4-8-18-13(16)17)19-11(20)9(15)5-2-3-7-14/h9-10H,2-8,14-15H2,1H3,(H,19,20)(H4,16,17,18)/t9-,10-/m1/s1. The van der Waals surface area contributed by atoms with Crippen molar-refractivity contribution >= 4 is 17.8 Å². The van der Waals surface area contributed by atoms with Gasteiger partial charge in [-0.2, -0.15) is 0 Å². The molecule has 0 aromatic heterocycles. The molecule has 9 heteroatoms. The lowest BCUT2D eigenvalue weighted by molar-refractivity contribution is -0.145. The minimum atomic E-state index is -0.757. The highest BCUT2D eigenvalue weighted by molar-refractivity contribution is 5.87. The van der Waals surface area contributed by atoms with E-state index in [0.717, 1.165) is 12.8 Å². The van der Waals surface area contributed by atoms with Gasteiger partial charge in [0.25, 0.3) is 0 Å². The van der Waals surface area contributed by atoms with Crippen LogP contribution in [0.1, 0.15) is 32.1 Å². The number of unbranched alkanes of at least 4 members (excludes halogenated alkanes) is 1. The number of nitrogens with one attached hydrogen (secondary N) is 1. The Labute approximate surface area is 130 Å². The average molecular weight is 316 g/mol. The van der Waals surface area contributed by atoms with Crippen LogP contribution in [0.25, 0.3) is 0 Å². The number of hydrogen-bond donors (Lipinski definition) is 5. The first-order valence-corrected chi connectivity index (χ1v) is 7.31. The minimum absolute atomic E-state index is 0.0134. The summed E-state index contributed by atoms with van der Waals surface area (Å²) in [6.45, 7) is 0.929. The van der Waals surface area contributed by atoms with E-state index in [-0.39, 0.29) is 11.9 Å². The summed E-state index contributed by atoms with van der Waals surface area (Å²) in [7, 11) is 1.26. The maximum Gasteiger partial charge on any atom is 0.328 e. The zero-order chi connectivity index (χ0) is 17.0. The average Bonchev–Trinajstić information content (AvgIpc) is 2.49. The lowest BCUT2D eigenvalue weighted by Crippen LogP contribution is -2.48. The van der Waals surface area contributed by atoms with Crippen LogP contribution in [0.5, 0.6) is 0 Å². The number of aliphatic imine (C=N–C) groups is 1. The van der Waals surface area contributed by atoms with Crippen LogP contribution < -0.4 is 28.3 Å². The topological polar surface area (TPSA) is 172 Å². The highest BCUT2D eigenvalue weighted by Gasteiger charge is 2.23. The zero-order valence-corrected chi connectivity index (χ0v) is 13.1. The largest absolute Gasteiger partial charge is 0.467 e. The molecule has 0 unspecified atom stereocenters. The molecule has 9 N–H and O–H groups in total. The Kier molecular flexibility index (Phi) is 10.8. The van der Waals surface area contributed by atoms with Gasteiger partial charge in [0.15, 0.2) is 5.96 Å². The number of methoxy groups -OCH3 is 1. The smallest absolute Gasteiger partial charge is 0.328 e. The lowest BCUT2D eigenvalue weighted by Gasteiger charge is -2.19. The van der Waals surface area contributed by atoms with Gasteiger partial charge in [-0.1, -0.05) is 6.42 Å². The van der Waals surface area contributed by atoms with Crippen molar-refractivity contribution in [2.24, 2.45) is 27.9 Å². The van der Waals surface area contributed by atoms with Crippen LogP contribution in [0.15, 0.2) is 4.99 Å². The Morgan fingerprint density at radius 3 is 2.41 bits per heavy atom. The fourth-order valence-corrected chi connectivity index (χ4v) is 1.81. The molecule has 0 saturated heterocycles. The van der Waals surface area contributed by atoms with Gasteiger partial charge in [0.2, 0.25) is 5.91 Å². The van der Waals surface area contributed by atoms with E-state index >= 15 is 0 Å². The van der Waals surface area contributed by atoms with Crippen LogP contribution in [0.2, 0.25) is 0 Å². The van der Waals surface area contributed by atoms with Gasteiger partial charge in [0, 0.05) is 6.54 Å². The summed E-state index contributed by atoms with van der Waals surface area (Å²) in [6.07, 6.45) is 2.98. The van der Waals surface area contributed by atoms with Gasteiger partial charge in [0.05, 0.1) is 13.2 Å². The number of carbonyl (C=O) groups is 2. The van der Waals surface area contributed by atoms with Crippen LogP contribution in [0, 0.1) is 0 Å². The van der Waals surface area contributed by atoms with E-state index in [2.05, 4.69) is 15.0 Å². The molecule has 0 rings (SSSR count). The summed E-state index contributed by atoms with van der Waals surface area (Å²) in [6, 6.07) is -1.43. The molecular weight excluding hydrogens is 288 g/mol. The number of guanidine groups is 1. The second kappa shape index (κ2) is 11.8. The van der Waals surface area contributed by atoms with E-state index in [1.165, 1.54) is 7.11 Å². The number of hydrogen-bond acceptors (Lipinski definition) is 6. The van der Waals surface area contributed by atoms with Crippen LogP contribution >= 0.6 is 0 Å². The third-order valence-electron chi connectivity index (χ3n) is 3.05. The monoisotopic (exact) mass is 316 g/mol. The Balaban J connectivity index is 4.35. The predicted molar refractivity (Wildman–Crippen MR) is 84.7 cm³/mol. The van der Waals surface area contributed by atoms with Crippen molar-refractivity contribution in [3.63, 3.8) is 0 Å². The molecule has 0 aromatic carbocycles. The molecule has 0 radical (unpaired) electrons. The molecule has 9 nitrogen and oxygen atoms in total. The maximum atomic E-state index is 12.0. The second-order valence-corrected chi connectivity index (χ2v) is 4.92. The Bertz CT molecular complexity index is 371. The minimum Gasteiger partial charge on any atom is -0.467 e. The highest BCUT2D eigenvalue weighted by atomic mass is 16.5. The van der Waals surface area contributed by atoms with E-state index in [0.29, 0.717) is 32.4 Å². The number of carbonyl (C=O) groups excluding carboxylic acids is 2. The van der Waals surface area contributed by atoms with Crippen molar-refractivity contribution in [2.75, 3.05) is 20.2 Å². The number of rotatable bonds is 11. The van der Waals surface area contributed by atoms with Gasteiger partial charge in [-0.25, -0.2) is 4.79 Å². The van der Waals surface area contributed by atoms with E-state index in [4.69, 9.17) is 22.9 Å². The molecule has 0 aliphatic heterocycles. The SMILES string of the molecule is COC(=O)[C@@H](CCCN=C(N)N)NC(=O)[C@H](N)CCCCN. The molecule has 0 spiro atoms. The van der Waals surface area contributed by atoms with Crippen molar-refractivity contribution in [1.82, 2.24) is 5.32 Å². The van der Waals surface area contributed by atoms with Gasteiger partial charge in [-0.15, -0.1) is 0 Å². The molecule has 0 heterocycles. The third kappa shape index (κ3) is 9.14. The number of ether oxygens (including phenoxy) is 1. The fraction of sp³-hybridized carbons (Fsp3) is 0.769. The summed E-state index contributed by atoms with van der Waals surface area (Å²) >= 11 is 0. The highest BCUT2D eigenvalue weighted by Crippen LogP contribution is 2.03. The van der Waals surface area contributed by atoms with Crippen LogP contribution in [0.4, 0.5) is 0 Å². The van der Waals surface area contributed by atoms with Gasteiger partial charge in [-0.05, 0) is 32.2 Å². The zero-order valence-electron chi connectivity index (χ0n) is 13.1. The van der Waals surface area contributed by atoms with Gasteiger partial charge in [-0.3, -0.25) is 9.79 Å². The third-order valence-corrected chi connectivity index (χ3v) is 3.05. The number of nitrogens with zero attached hydrogens (tertiary/aromatic N) is 1. The molecule has 22 heavy (non-hydrogen) atoms. The molecule has 0 saturated carbocycles. The molecule has 128 valence electrons. The molecule has 0 fully saturated rings. The number of nitrogens with two attached hydrogens (primary N) is 4. The van der Waals surface area contributed by atoms with Crippen LogP contribution in [-0.4, -0.2) is 50.1 Å². The molecule has 0 aliphatic rings. The fourth-order valence-electron chi connectivity index (χ4n) is 1.81. The quantitative estimate of drug-likeness (QED) is 0.129. The van der Waals surface area contributed by atoms with Crippen LogP contribution in [0.3, 0.4) is 0 Å². The Morgan fingerprint density at radius 2 is 1.86 bits per heavy atom. The van der Waals surface area contributed by atoms with Crippen molar-refractivity contribution in [1.29, 1.82) is 0 Å². The van der Waals surface area contributed by atoms with Crippen molar-refractivity contribution < 1.29 is 14.3 Å². The van der Waals surface area contributed by atoms with E-state index in [9.17, 15) is 9.59 Å². The Morgan fingerprint density at radius 1 is 1.18 bits per heavy atom. The summed E-state index contributed by atoms with van der Waals surface area (Å²) < 4.78 is 4.67. The summed E-state index contributed by atoms with van der Waals surface area (Å²) in [5, 5.41) is 2.60. The van der Waals surface area contributed by atoms with Crippen LogP contribution in [-0.2, 0) is 14.3 Å². The van der Waals surface area contributed by atoms with Crippen molar-refractivity contribution in [3.05, 3.63) is 0 Å². The van der Waals surface area contributed by atoms with Gasteiger partial charge in [0.1, 0.15) is 6.04 Å². The predicted octanol–water partition coefficient (Wildman–Crippen LogP) is -1.85. The van der Waals surface area contributed by atoms with E-state index < -0.39 is 18.1 Å². The molecular formula is C13H28N6O3. The van der Waals surface area contributed by atoms with Crippen molar-refractivity contribution in [3.8, 4) is 0 Å². The van der Waals surface area contributed by atoms with Gasteiger partial charge < -0.3 is 33.0 Å². The van der Waals surface area contributed by atoms with Gasteiger partial charge >= 0.3 is 5.97 Å². The molecule has 0 aromatic rings. The first kappa shape index (κ1) is 20.1.